The molecule has 0 aliphatic rings. The number of nitrogens with zero attached hydrogens (tertiary/aromatic N) is 4. The Bertz CT molecular complexity index is 3270. The van der Waals surface area contributed by atoms with Gasteiger partial charge < -0.3 is 41.2 Å². The van der Waals surface area contributed by atoms with Gasteiger partial charge >= 0.3 is 5.97 Å². The molecule has 0 aliphatic heterocycles. The van der Waals surface area contributed by atoms with Gasteiger partial charge in [-0.1, -0.05) is 38.1 Å². The molecule has 8 N–H and O–H groups in total. The zero-order valence-corrected chi connectivity index (χ0v) is 41.5. The Morgan fingerprint density at radius 3 is 2.04 bits per heavy atom. The number of benzene rings is 4. The number of nitrogens with one attached hydrogen (secondary N) is 5. The molecular formula is C51H57N10O11S+. The van der Waals surface area contributed by atoms with E-state index in [0.29, 0.717) is 66.8 Å². The number of rotatable bonds is 23. The molecule has 0 spiro atoms. The smallest absolute Gasteiger partial charge is 0.345 e. The zero-order chi connectivity index (χ0) is 52.2. The lowest BCUT2D eigenvalue weighted by Crippen LogP contribution is -2.50. The number of H-pyrrole nitrogens is 1. The Labute approximate surface area is 420 Å². The van der Waals surface area contributed by atoms with Crippen LogP contribution in [0.15, 0.2) is 95.9 Å². The van der Waals surface area contributed by atoms with Gasteiger partial charge in [-0.2, -0.15) is 18.0 Å². The number of fused-ring (bicyclic) bond motifs is 3. The summed E-state index contributed by atoms with van der Waals surface area (Å²) in [4.78, 5) is 80.4. The lowest BCUT2D eigenvalue weighted by Gasteiger charge is -2.22. The molecule has 382 valence electrons. The number of carbonyl (C=O) groups excluding carboxylic acids is 4. The predicted molar refractivity (Wildman–Crippen MR) is 273 cm³/mol. The van der Waals surface area contributed by atoms with E-state index < -0.39 is 39.3 Å². The Morgan fingerprint density at radius 1 is 0.808 bits per heavy atom. The molecule has 7 rings (SSSR count). The first kappa shape index (κ1) is 52.9. The van der Waals surface area contributed by atoms with Crippen molar-refractivity contribution in [3.8, 4) is 5.75 Å². The first-order valence-corrected chi connectivity index (χ1v) is 25.1. The molecule has 0 aliphatic carbocycles. The second-order valence-electron chi connectivity index (χ2n) is 17.4. The Hall–Kier alpha value is -7.92. The molecule has 21 nitrogen and oxygen atoms in total. The average molecular weight is 1020 g/mol. The van der Waals surface area contributed by atoms with E-state index in [-0.39, 0.29) is 93.9 Å². The molecule has 3 amide bonds. The number of carbonyl (C=O) groups is 4. The minimum atomic E-state index is -4.15. The van der Waals surface area contributed by atoms with Gasteiger partial charge in [0.15, 0.2) is 17.7 Å². The van der Waals surface area contributed by atoms with E-state index in [1.807, 2.05) is 42.7 Å². The van der Waals surface area contributed by atoms with Crippen LogP contribution in [0.1, 0.15) is 68.2 Å². The van der Waals surface area contributed by atoms with E-state index in [2.05, 4.69) is 41.2 Å². The molecule has 4 aromatic carbocycles. The lowest BCUT2D eigenvalue weighted by atomic mass is 10.0. The summed E-state index contributed by atoms with van der Waals surface area (Å²) in [5.74, 6) is -2.05. The van der Waals surface area contributed by atoms with Gasteiger partial charge in [-0.15, -0.1) is 0 Å². The minimum Gasteiger partial charge on any atom is -0.422 e. The number of anilines is 2. The zero-order valence-electron chi connectivity index (χ0n) is 40.7. The molecule has 0 bridgehead atoms. The lowest BCUT2D eigenvalue weighted by molar-refractivity contribution is -0.645. The highest BCUT2D eigenvalue weighted by atomic mass is 32.2. The number of nitrogens with two attached hydrogens (primary N) is 1. The highest BCUT2D eigenvalue weighted by Crippen LogP contribution is 2.30. The molecule has 3 heterocycles. The van der Waals surface area contributed by atoms with Gasteiger partial charge in [-0.25, -0.2) is 14.8 Å². The van der Waals surface area contributed by atoms with Crippen LogP contribution in [-0.4, -0.2) is 108 Å². The fourth-order valence-electron chi connectivity index (χ4n) is 8.13. The van der Waals surface area contributed by atoms with Crippen LogP contribution in [0.2, 0.25) is 0 Å². The summed E-state index contributed by atoms with van der Waals surface area (Å²) in [6.07, 6.45) is 1.65. The third kappa shape index (κ3) is 13.7. The molecule has 3 aromatic heterocycles. The van der Waals surface area contributed by atoms with Gasteiger partial charge in [0.25, 0.3) is 27.5 Å². The van der Waals surface area contributed by atoms with Gasteiger partial charge in [0.2, 0.25) is 22.9 Å². The largest absolute Gasteiger partial charge is 0.422 e. The quantitative estimate of drug-likeness (QED) is 0.0119. The van der Waals surface area contributed by atoms with Gasteiger partial charge in [0.1, 0.15) is 11.8 Å². The van der Waals surface area contributed by atoms with Crippen molar-refractivity contribution in [2.24, 2.45) is 5.92 Å². The van der Waals surface area contributed by atoms with Crippen molar-refractivity contribution in [3.63, 3.8) is 0 Å². The number of esters is 1. The summed E-state index contributed by atoms with van der Waals surface area (Å²) >= 11 is 0. The van der Waals surface area contributed by atoms with Crippen molar-refractivity contribution < 1.29 is 50.9 Å². The van der Waals surface area contributed by atoms with Crippen molar-refractivity contribution in [2.45, 2.75) is 53.2 Å². The molecule has 0 saturated carbocycles. The third-order valence-electron chi connectivity index (χ3n) is 11.6. The maximum atomic E-state index is 14.1. The van der Waals surface area contributed by atoms with Crippen LogP contribution in [0.3, 0.4) is 0 Å². The second-order valence-corrected chi connectivity index (χ2v) is 19.0. The van der Waals surface area contributed by atoms with Crippen molar-refractivity contribution in [3.05, 3.63) is 135 Å². The molecule has 22 heteroatoms. The molecule has 1 unspecified atom stereocenters. The molecular weight excluding hydrogens is 961 g/mol. The van der Waals surface area contributed by atoms with E-state index in [1.165, 1.54) is 6.20 Å². The monoisotopic (exact) mass is 1020 g/mol. The fraction of sp³-hybridized carbons (Fsp3) is 0.314. The van der Waals surface area contributed by atoms with Crippen molar-refractivity contribution in [1.29, 1.82) is 0 Å². The van der Waals surface area contributed by atoms with E-state index >= 15 is 0 Å². The summed E-state index contributed by atoms with van der Waals surface area (Å²) in [5.41, 5.74) is 10.1. The maximum absolute atomic E-state index is 14.1. The topological polar surface area (TPSA) is 300 Å². The number of para-hydroxylation sites is 2. The first-order chi connectivity index (χ1) is 35.0. The Kier molecular flexibility index (Phi) is 17.4. The number of nitrogen functional groups attached to an aromatic ring is 1. The van der Waals surface area contributed by atoms with Gasteiger partial charge in [-0.3, -0.25) is 28.7 Å². The normalized spacial score (nSPS) is 12.0. The van der Waals surface area contributed by atoms with Crippen LogP contribution in [-0.2, 0) is 37.5 Å². The van der Waals surface area contributed by atoms with Crippen molar-refractivity contribution >= 4 is 78.4 Å². The summed E-state index contributed by atoms with van der Waals surface area (Å²) < 4.78 is 51.4. The number of amides is 3. The molecule has 7 aromatic rings. The second kappa shape index (κ2) is 24.0. The minimum absolute atomic E-state index is 0.0474. The van der Waals surface area contributed by atoms with E-state index in [4.69, 9.17) is 19.9 Å². The number of aromatic amines is 1. The van der Waals surface area contributed by atoms with Gasteiger partial charge in [-0.05, 0) is 79.4 Å². The number of ether oxygens (including phenoxy) is 3. The van der Waals surface area contributed by atoms with Crippen LogP contribution in [0.4, 0.5) is 11.6 Å². The molecule has 1 atom stereocenters. The van der Waals surface area contributed by atoms with Gasteiger partial charge in [0.05, 0.1) is 67.0 Å². The van der Waals surface area contributed by atoms with Crippen molar-refractivity contribution in [1.82, 2.24) is 35.9 Å². The highest BCUT2D eigenvalue weighted by Gasteiger charge is 2.27. The molecule has 0 radical (unpaired) electrons. The van der Waals surface area contributed by atoms with Crippen LogP contribution >= 0.6 is 0 Å². The summed E-state index contributed by atoms with van der Waals surface area (Å²) in [5, 5.41) is 12.8. The Balaban J connectivity index is 0.806. The van der Waals surface area contributed by atoms with Crippen LogP contribution in [0, 0.1) is 19.8 Å². The maximum Gasteiger partial charge on any atom is 0.345 e. The van der Waals surface area contributed by atoms with Crippen LogP contribution in [0.5, 0.6) is 5.75 Å². The fourth-order valence-corrected chi connectivity index (χ4v) is 8.63. The highest BCUT2D eigenvalue weighted by molar-refractivity contribution is 7.85. The number of hydrogen-bond acceptors (Lipinski definition) is 15. The number of pyridine rings is 1. The predicted octanol–water partition coefficient (Wildman–Crippen LogP) is 3.95. The summed E-state index contributed by atoms with van der Waals surface area (Å²) in [6.45, 7) is 9.02. The number of hydrogen-bond donors (Lipinski definition) is 7. The molecule has 0 fully saturated rings. The van der Waals surface area contributed by atoms with E-state index in [1.54, 1.807) is 74.5 Å². The average Bonchev–Trinajstić information content (AvgIpc) is 3.35. The number of aromatic nitrogens is 5. The molecule has 0 saturated heterocycles. The van der Waals surface area contributed by atoms with E-state index in [0.717, 1.165) is 0 Å². The van der Waals surface area contributed by atoms with Crippen LogP contribution in [0.25, 0.3) is 33.0 Å². The third-order valence-corrected chi connectivity index (χ3v) is 12.4. The Morgan fingerprint density at radius 2 is 1.42 bits per heavy atom. The summed E-state index contributed by atoms with van der Waals surface area (Å²) in [7, 11) is -4.15. The summed E-state index contributed by atoms with van der Waals surface area (Å²) in [6, 6.07) is 23.7. The van der Waals surface area contributed by atoms with Crippen molar-refractivity contribution in [2.75, 3.05) is 56.3 Å². The molecule has 73 heavy (non-hydrogen) atoms. The SMILES string of the molecule is Cc1cc(C(=O)NCCOCCOCCNC(=O)C(NC(=O)c2ccc(NCc3cnc4nc(N)[nH]c(=O)c4n3)cc2)C(C)C)cc(C)c1OC(=O)c1c2ccccc2[n+](CCCS(=O)(=O)O)c2ccccc12. The van der Waals surface area contributed by atoms with Crippen LogP contribution < -0.4 is 41.9 Å². The number of aryl methyl sites for hydroxylation is 3. The standard InChI is InChI=1S/C51H56N10O11S/c1-30(2)42(58-47(63)33-14-16-35(17-15-33)55-28-36-29-56-45-43(57-36)49(65)60-51(52)59-45)48(64)54-19-22-71-24-23-70-21-18-53-46(62)34-26-31(3)44(32(4)27-34)72-50(66)41-37-10-5-7-12-39(37)61(20-9-25-73(67,68)69)40-13-8-6-11-38(40)41/h5-8,10-17,26-27,29-30,42H,9,18-25,28H2,1-4H3,(H7-,52,53,54,55,56,58,59,60,62,63,64,65,67,68,69)/p+1. The first-order valence-electron chi connectivity index (χ1n) is 23.5. The van der Waals surface area contributed by atoms with Gasteiger partial charge in [0, 0.05) is 48.5 Å². The van der Waals surface area contributed by atoms with E-state index in [9.17, 15) is 36.9 Å².